The lowest BCUT2D eigenvalue weighted by molar-refractivity contribution is -0.387. The molecule has 1 aliphatic heterocycles. The van der Waals surface area contributed by atoms with Gasteiger partial charge in [0, 0.05) is 31.3 Å². The van der Waals surface area contributed by atoms with Gasteiger partial charge in [-0.05, 0) is 25.3 Å². The van der Waals surface area contributed by atoms with Crippen LogP contribution in [0.25, 0.3) is 0 Å². The molecular formula is C14H18FN3O4. The molecule has 1 amide bonds. The molecule has 22 heavy (non-hydrogen) atoms. The summed E-state index contributed by atoms with van der Waals surface area (Å²) < 4.78 is 18.7. The summed E-state index contributed by atoms with van der Waals surface area (Å²) in [4.78, 5) is 23.5. The van der Waals surface area contributed by atoms with E-state index in [1.54, 1.807) is 4.90 Å². The first-order chi connectivity index (χ1) is 10.5. The third kappa shape index (κ3) is 3.70. The van der Waals surface area contributed by atoms with Gasteiger partial charge in [-0.15, -0.1) is 0 Å². The van der Waals surface area contributed by atoms with Gasteiger partial charge < -0.3 is 15.4 Å². The molecule has 1 unspecified atom stereocenters. The Labute approximate surface area is 127 Å². The van der Waals surface area contributed by atoms with Crippen molar-refractivity contribution in [2.45, 2.75) is 25.3 Å². The number of rotatable bonds is 5. The Morgan fingerprint density at radius 2 is 2.27 bits per heavy atom. The number of ether oxygens (including phenoxy) is 1. The summed E-state index contributed by atoms with van der Waals surface area (Å²) >= 11 is 0. The van der Waals surface area contributed by atoms with E-state index in [4.69, 9.17) is 10.5 Å². The molecule has 0 saturated carbocycles. The van der Waals surface area contributed by atoms with Gasteiger partial charge in [-0.1, -0.05) is 0 Å². The normalized spacial score (nSPS) is 18.1. The lowest BCUT2D eigenvalue weighted by Gasteiger charge is -2.34. The van der Waals surface area contributed by atoms with E-state index in [1.165, 1.54) is 6.07 Å². The van der Waals surface area contributed by atoms with Crippen LogP contribution < -0.4 is 10.5 Å². The molecule has 8 heteroatoms. The number of nitro benzene ring substituents is 1. The Hall–Kier alpha value is -2.22. The highest BCUT2D eigenvalue weighted by Crippen LogP contribution is 2.22. The van der Waals surface area contributed by atoms with Crippen LogP contribution in [0.1, 0.15) is 19.3 Å². The monoisotopic (exact) mass is 311 g/mol. The zero-order chi connectivity index (χ0) is 16.1. The van der Waals surface area contributed by atoms with Crippen molar-refractivity contribution in [3.8, 4) is 5.75 Å². The van der Waals surface area contributed by atoms with Crippen molar-refractivity contribution in [3.63, 3.8) is 0 Å². The maximum atomic E-state index is 13.5. The largest absolute Gasteiger partial charge is 0.484 e. The molecule has 0 radical (unpaired) electrons. The van der Waals surface area contributed by atoms with Gasteiger partial charge in [-0.2, -0.15) is 4.39 Å². The van der Waals surface area contributed by atoms with Crippen molar-refractivity contribution < 1.29 is 18.8 Å². The Balaban J connectivity index is 1.96. The quantitative estimate of drug-likeness (QED) is 0.655. The van der Waals surface area contributed by atoms with Gasteiger partial charge in [0.05, 0.1) is 4.92 Å². The fraction of sp³-hybridized carbons (Fsp3) is 0.500. The van der Waals surface area contributed by atoms with E-state index >= 15 is 0 Å². The molecular weight excluding hydrogens is 293 g/mol. The number of carbonyl (C=O) groups is 1. The summed E-state index contributed by atoms with van der Waals surface area (Å²) in [7, 11) is 0. The van der Waals surface area contributed by atoms with Crippen LogP contribution in [-0.4, -0.2) is 41.5 Å². The van der Waals surface area contributed by atoms with Gasteiger partial charge in [-0.25, -0.2) is 0 Å². The number of amides is 1. The molecule has 0 aromatic heterocycles. The number of halogens is 1. The van der Waals surface area contributed by atoms with Crippen molar-refractivity contribution in [1.29, 1.82) is 0 Å². The van der Waals surface area contributed by atoms with E-state index in [1.807, 2.05) is 0 Å². The Morgan fingerprint density at radius 1 is 1.50 bits per heavy atom. The molecule has 0 bridgehead atoms. The van der Waals surface area contributed by atoms with E-state index in [2.05, 4.69) is 0 Å². The van der Waals surface area contributed by atoms with Crippen LogP contribution in [0, 0.1) is 15.9 Å². The molecule has 1 saturated heterocycles. The summed E-state index contributed by atoms with van der Waals surface area (Å²) in [6.07, 6.45) is 2.84. The maximum Gasteiger partial charge on any atom is 0.305 e. The lowest BCUT2D eigenvalue weighted by Crippen LogP contribution is -2.49. The third-order valence-corrected chi connectivity index (χ3v) is 3.70. The molecule has 1 atom stereocenters. The minimum atomic E-state index is -0.993. The summed E-state index contributed by atoms with van der Waals surface area (Å²) in [5.41, 5.74) is 5.03. The molecule has 1 fully saturated rings. The van der Waals surface area contributed by atoms with E-state index in [-0.39, 0.29) is 24.3 Å². The maximum absolute atomic E-state index is 13.5. The van der Waals surface area contributed by atoms with Crippen molar-refractivity contribution in [3.05, 3.63) is 34.1 Å². The van der Waals surface area contributed by atoms with Crippen molar-refractivity contribution in [2.24, 2.45) is 5.73 Å². The number of nitrogens with two attached hydrogens (primary N) is 1. The molecule has 2 N–H and O–H groups in total. The van der Waals surface area contributed by atoms with Crippen LogP contribution in [0.4, 0.5) is 10.1 Å². The summed E-state index contributed by atoms with van der Waals surface area (Å²) in [6.45, 7) is 0.796. The number of carbonyl (C=O) groups excluding carboxylic acids is 1. The number of piperidine rings is 1. The number of benzene rings is 1. The Bertz CT molecular complexity index is 567. The fourth-order valence-electron chi connectivity index (χ4n) is 2.53. The van der Waals surface area contributed by atoms with Gasteiger partial charge in [0.25, 0.3) is 5.91 Å². The van der Waals surface area contributed by atoms with Gasteiger partial charge in [0.1, 0.15) is 5.75 Å². The number of likely N-dealkylation sites (tertiary alicyclic amines) is 1. The lowest BCUT2D eigenvalue weighted by atomic mass is 10.0. The van der Waals surface area contributed by atoms with Crippen LogP contribution in [0.3, 0.4) is 0 Å². The van der Waals surface area contributed by atoms with Gasteiger partial charge in [-0.3, -0.25) is 14.9 Å². The average Bonchev–Trinajstić information content (AvgIpc) is 2.52. The zero-order valence-corrected chi connectivity index (χ0v) is 12.0. The highest BCUT2D eigenvalue weighted by Gasteiger charge is 2.25. The first-order valence-electron chi connectivity index (χ1n) is 7.09. The number of hydrogen-bond donors (Lipinski definition) is 1. The summed E-state index contributed by atoms with van der Waals surface area (Å²) in [5.74, 6) is -1.13. The molecule has 0 spiro atoms. The molecule has 7 nitrogen and oxygen atoms in total. The van der Waals surface area contributed by atoms with Gasteiger partial charge in [0.15, 0.2) is 6.61 Å². The van der Waals surface area contributed by atoms with Gasteiger partial charge >= 0.3 is 5.69 Å². The van der Waals surface area contributed by atoms with E-state index < -0.39 is 16.4 Å². The first-order valence-corrected chi connectivity index (χ1v) is 7.09. The molecule has 0 aliphatic carbocycles. The number of hydrogen-bond acceptors (Lipinski definition) is 5. The smallest absolute Gasteiger partial charge is 0.305 e. The number of nitrogens with zero attached hydrogens (tertiary/aromatic N) is 2. The Kier molecular flexibility index (Phi) is 5.26. The van der Waals surface area contributed by atoms with Crippen LogP contribution in [-0.2, 0) is 4.79 Å². The van der Waals surface area contributed by atoms with Crippen molar-refractivity contribution in [1.82, 2.24) is 4.90 Å². The van der Waals surface area contributed by atoms with Crippen LogP contribution >= 0.6 is 0 Å². The predicted octanol–water partition coefficient (Wildman–Crippen LogP) is 1.45. The van der Waals surface area contributed by atoms with Crippen LogP contribution in [0.15, 0.2) is 18.2 Å². The highest BCUT2D eigenvalue weighted by molar-refractivity contribution is 5.78. The molecule has 120 valence electrons. The molecule has 1 heterocycles. The van der Waals surface area contributed by atoms with Gasteiger partial charge in [0.2, 0.25) is 5.82 Å². The summed E-state index contributed by atoms with van der Waals surface area (Å²) in [5, 5.41) is 10.5. The molecule has 1 aromatic carbocycles. The van der Waals surface area contributed by atoms with E-state index in [9.17, 15) is 19.3 Å². The van der Waals surface area contributed by atoms with E-state index in [0.717, 1.165) is 31.4 Å². The first kappa shape index (κ1) is 16.2. The van der Waals surface area contributed by atoms with Crippen LogP contribution in [0.2, 0.25) is 0 Å². The number of nitro groups is 1. The SMILES string of the molecule is NCC1CCCCN1C(=O)COc1ccc([N+](=O)[O-])c(F)c1. The molecule has 2 rings (SSSR count). The minimum Gasteiger partial charge on any atom is -0.484 e. The molecule has 1 aromatic rings. The highest BCUT2D eigenvalue weighted by atomic mass is 19.1. The minimum absolute atomic E-state index is 0.0125. The van der Waals surface area contributed by atoms with Crippen molar-refractivity contribution >= 4 is 11.6 Å². The predicted molar refractivity (Wildman–Crippen MR) is 77.0 cm³/mol. The molecule has 1 aliphatic rings. The van der Waals surface area contributed by atoms with Crippen molar-refractivity contribution in [2.75, 3.05) is 19.7 Å². The Morgan fingerprint density at radius 3 is 2.91 bits per heavy atom. The topological polar surface area (TPSA) is 98.7 Å². The van der Waals surface area contributed by atoms with E-state index in [0.29, 0.717) is 13.1 Å². The second-order valence-electron chi connectivity index (χ2n) is 5.13. The average molecular weight is 311 g/mol. The summed E-state index contributed by atoms with van der Waals surface area (Å²) in [6, 6.07) is 3.20. The van der Waals surface area contributed by atoms with Crippen LogP contribution in [0.5, 0.6) is 5.75 Å². The standard InChI is InChI=1S/C14H18FN3O4/c15-12-7-11(4-5-13(12)18(20)21)22-9-14(19)17-6-2-1-3-10(17)8-16/h4-5,7,10H,1-3,6,8-9,16H2. The fourth-order valence-corrected chi connectivity index (χ4v) is 2.53. The zero-order valence-electron chi connectivity index (χ0n) is 12.0. The second-order valence-corrected chi connectivity index (χ2v) is 5.13. The third-order valence-electron chi connectivity index (χ3n) is 3.70. The second kappa shape index (κ2) is 7.17.